The molecule has 0 unspecified atom stereocenters. The van der Waals surface area contributed by atoms with E-state index in [2.05, 4.69) is 6.92 Å². The van der Waals surface area contributed by atoms with Crippen molar-refractivity contribution in [2.24, 2.45) is 0 Å². The van der Waals surface area contributed by atoms with Gasteiger partial charge in [0.25, 0.3) is 0 Å². The van der Waals surface area contributed by atoms with Crippen molar-refractivity contribution in [3.8, 4) is 0 Å². The van der Waals surface area contributed by atoms with Gasteiger partial charge in [-0.05, 0) is 30.7 Å². The van der Waals surface area contributed by atoms with Crippen molar-refractivity contribution in [2.75, 3.05) is 25.0 Å². The maximum Gasteiger partial charge on any atom is 0.246 e. The second-order valence-corrected chi connectivity index (χ2v) is 7.93. The van der Waals surface area contributed by atoms with Gasteiger partial charge < -0.3 is 14.4 Å². The Morgan fingerprint density at radius 3 is 2.63 bits per heavy atom. The van der Waals surface area contributed by atoms with Crippen LogP contribution >= 0.6 is 0 Å². The summed E-state index contributed by atoms with van der Waals surface area (Å²) >= 11 is 0. The molecule has 156 valence electrons. The van der Waals surface area contributed by atoms with E-state index in [4.69, 9.17) is 4.98 Å². The molecule has 1 fully saturated rings. The molecule has 6 heteroatoms. The third kappa shape index (κ3) is 3.95. The Balaban J connectivity index is 1.63. The van der Waals surface area contributed by atoms with E-state index in [-0.39, 0.29) is 24.3 Å². The summed E-state index contributed by atoms with van der Waals surface area (Å²) < 4.78 is 2.00. The van der Waals surface area contributed by atoms with Gasteiger partial charge in [-0.2, -0.15) is 0 Å². The van der Waals surface area contributed by atoms with E-state index in [0.29, 0.717) is 13.0 Å². The van der Waals surface area contributed by atoms with Gasteiger partial charge in [-0.25, -0.2) is 4.98 Å². The summed E-state index contributed by atoms with van der Waals surface area (Å²) in [5, 5.41) is 0. The Hall–Kier alpha value is -3.15. The van der Waals surface area contributed by atoms with Crippen molar-refractivity contribution >= 4 is 28.5 Å². The lowest BCUT2D eigenvalue weighted by Crippen LogP contribution is -2.31. The maximum atomic E-state index is 13.1. The summed E-state index contributed by atoms with van der Waals surface area (Å²) in [6.07, 6.45) is 2.53. The lowest BCUT2D eigenvalue weighted by atomic mass is 10.1. The first-order valence-electron chi connectivity index (χ1n) is 10.6. The molecule has 1 saturated heterocycles. The minimum atomic E-state index is -0.0160. The standard InChI is InChI=1S/C24H28N4O2/c1-3-4-14-27-16-18(15-22(27)29)24-25-20-12-8-9-13-21(20)28(24)17-23(30)26(2)19-10-6-5-7-11-19/h5-13,18H,3-4,14-17H2,1-2H3/t18-/m1/s1. The zero-order valence-electron chi connectivity index (χ0n) is 17.6. The number of carbonyl (C=O) groups excluding carboxylic acids is 2. The average molecular weight is 405 g/mol. The molecule has 3 aromatic rings. The normalized spacial score (nSPS) is 16.4. The summed E-state index contributed by atoms with van der Waals surface area (Å²) in [4.78, 5) is 34.1. The van der Waals surface area contributed by atoms with Crippen LogP contribution in [0.25, 0.3) is 11.0 Å². The van der Waals surface area contributed by atoms with Crippen LogP contribution in [-0.2, 0) is 16.1 Å². The molecule has 0 N–H and O–H groups in total. The van der Waals surface area contributed by atoms with E-state index in [9.17, 15) is 9.59 Å². The number of likely N-dealkylation sites (tertiary alicyclic amines) is 1. The van der Waals surface area contributed by atoms with E-state index in [0.717, 1.165) is 41.9 Å². The summed E-state index contributed by atoms with van der Waals surface area (Å²) in [5.41, 5.74) is 2.65. The zero-order chi connectivity index (χ0) is 21.1. The molecule has 1 aliphatic heterocycles. The van der Waals surface area contributed by atoms with Crippen molar-refractivity contribution in [3.05, 3.63) is 60.4 Å². The molecule has 2 heterocycles. The van der Waals surface area contributed by atoms with E-state index < -0.39 is 0 Å². The highest BCUT2D eigenvalue weighted by Crippen LogP contribution is 2.30. The lowest BCUT2D eigenvalue weighted by Gasteiger charge is -2.20. The predicted molar refractivity (Wildman–Crippen MR) is 118 cm³/mol. The Kier molecular flexibility index (Phi) is 5.84. The molecule has 2 aromatic carbocycles. The molecule has 0 bridgehead atoms. The van der Waals surface area contributed by atoms with E-state index in [1.165, 1.54) is 0 Å². The molecule has 0 radical (unpaired) electrons. The van der Waals surface area contributed by atoms with Gasteiger partial charge in [0.15, 0.2) is 0 Å². The van der Waals surface area contributed by atoms with Crippen LogP contribution in [-0.4, -0.2) is 46.4 Å². The van der Waals surface area contributed by atoms with Gasteiger partial charge in [0.1, 0.15) is 12.4 Å². The number of para-hydroxylation sites is 3. The van der Waals surface area contributed by atoms with Gasteiger partial charge in [0, 0.05) is 38.2 Å². The highest BCUT2D eigenvalue weighted by atomic mass is 16.2. The fraction of sp³-hybridized carbons (Fsp3) is 0.375. The number of anilines is 1. The molecule has 0 saturated carbocycles. The van der Waals surface area contributed by atoms with Crippen molar-refractivity contribution in [1.82, 2.24) is 14.5 Å². The molecule has 2 amide bonds. The van der Waals surface area contributed by atoms with Crippen LogP contribution < -0.4 is 4.90 Å². The van der Waals surface area contributed by atoms with Crippen molar-refractivity contribution in [1.29, 1.82) is 0 Å². The summed E-state index contributed by atoms with van der Waals surface area (Å²) in [6.45, 7) is 3.79. The van der Waals surface area contributed by atoms with Crippen LogP contribution in [0, 0.1) is 0 Å². The smallest absolute Gasteiger partial charge is 0.246 e. The SMILES string of the molecule is CCCCN1C[C@H](c2nc3ccccc3n2CC(=O)N(C)c2ccccc2)CC1=O. The first-order valence-corrected chi connectivity index (χ1v) is 10.6. The van der Waals surface area contributed by atoms with E-state index in [1.807, 2.05) is 64.1 Å². The van der Waals surface area contributed by atoms with E-state index >= 15 is 0 Å². The van der Waals surface area contributed by atoms with E-state index in [1.54, 1.807) is 11.9 Å². The van der Waals surface area contributed by atoms with Gasteiger partial charge in [0.2, 0.25) is 11.8 Å². The number of unbranched alkanes of at least 4 members (excludes halogenated alkanes) is 1. The molecule has 30 heavy (non-hydrogen) atoms. The summed E-state index contributed by atoms with van der Waals surface area (Å²) in [5.74, 6) is 1.01. The zero-order valence-corrected chi connectivity index (χ0v) is 17.6. The molecule has 1 aliphatic rings. The number of nitrogens with zero attached hydrogens (tertiary/aromatic N) is 4. The molecule has 1 atom stereocenters. The van der Waals surface area contributed by atoms with Crippen LogP contribution in [0.1, 0.15) is 37.9 Å². The van der Waals surface area contributed by atoms with Crippen molar-refractivity contribution in [2.45, 2.75) is 38.6 Å². The number of rotatable bonds is 7. The number of benzene rings is 2. The van der Waals surface area contributed by atoms with Gasteiger partial charge in [-0.15, -0.1) is 0 Å². The minimum Gasteiger partial charge on any atom is -0.342 e. The molecular weight excluding hydrogens is 376 g/mol. The fourth-order valence-corrected chi connectivity index (χ4v) is 4.12. The van der Waals surface area contributed by atoms with Gasteiger partial charge >= 0.3 is 0 Å². The molecule has 0 aliphatic carbocycles. The second kappa shape index (κ2) is 8.69. The first-order chi connectivity index (χ1) is 14.6. The summed E-state index contributed by atoms with van der Waals surface area (Å²) in [7, 11) is 1.79. The van der Waals surface area contributed by atoms with Crippen molar-refractivity contribution in [3.63, 3.8) is 0 Å². The van der Waals surface area contributed by atoms with Crippen LogP contribution in [0.2, 0.25) is 0 Å². The number of imidazole rings is 1. The third-order valence-electron chi connectivity index (χ3n) is 5.86. The van der Waals surface area contributed by atoms with Gasteiger partial charge in [-0.1, -0.05) is 43.7 Å². The second-order valence-electron chi connectivity index (χ2n) is 7.93. The number of carbonyl (C=O) groups is 2. The third-order valence-corrected chi connectivity index (χ3v) is 5.86. The predicted octanol–water partition coefficient (Wildman–Crippen LogP) is 3.82. The molecule has 1 aromatic heterocycles. The van der Waals surface area contributed by atoms with Crippen LogP contribution in [0.3, 0.4) is 0 Å². The fourth-order valence-electron chi connectivity index (χ4n) is 4.12. The Morgan fingerprint density at radius 1 is 1.13 bits per heavy atom. The van der Waals surface area contributed by atoms with Crippen molar-refractivity contribution < 1.29 is 9.59 Å². The minimum absolute atomic E-state index is 0.0107. The van der Waals surface area contributed by atoms with Gasteiger partial charge in [0.05, 0.1) is 11.0 Å². The number of hydrogen-bond acceptors (Lipinski definition) is 3. The molecular formula is C24H28N4O2. The molecule has 4 rings (SSSR count). The highest BCUT2D eigenvalue weighted by molar-refractivity contribution is 5.93. The number of fused-ring (bicyclic) bond motifs is 1. The number of likely N-dealkylation sites (N-methyl/N-ethyl adjacent to an activating group) is 1. The largest absolute Gasteiger partial charge is 0.342 e. The first kappa shape index (κ1) is 20.1. The summed E-state index contributed by atoms with van der Waals surface area (Å²) in [6, 6.07) is 17.5. The van der Waals surface area contributed by atoms with Crippen LogP contribution in [0.15, 0.2) is 54.6 Å². The number of hydrogen-bond donors (Lipinski definition) is 0. The average Bonchev–Trinajstić information content (AvgIpc) is 3.32. The monoisotopic (exact) mass is 404 g/mol. The number of amides is 2. The van der Waals surface area contributed by atoms with Crippen LogP contribution in [0.5, 0.6) is 0 Å². The quantitative estimate of drug-likeness (QED) is 0.602. The van der Waals surface area contributed by atoms with Crippen LogP contribution in [0.4, 0.5) is 5.69 Å². The number of aromatic nitrogens is 2. The lowest BCUT2D eigenvalue weighted by molar-refractivity contribution is -0.127. The van der Waals surface area contributed by atoms with Gasteiger partial charge in [-0.3, -0.25) is 9.59 Å². The Morgan fingerprint density at radius 2 is 1.87 bits per heavy atom. The Bertz CT molecular complexity index is 1040. The highest BCUT2D eigenvalue weighted by Gasteiger charge is 2.34. The molecule has 0 spiro atoms. The maximum absolute atomic E-state index is 13.1. The molecule has 6 nitrogen and oxygen atoms in total. The topological polar surface area (TPSA) is 58.4 Å². The Labute approximate surface area is 177 Å².